The van der Waals surface area contributed by atoms with E-state index in [-0.39, 0.29) is 0 Å². The van der Waals surface area contributed by atoms with Crippen LogP contribution in [-0.2, 0) is 5.41 Å². The van der Waals surface area contributed by atoms with Gasteiger partial charge in [-0.3, -0.25) is 0 Å². The van der Waals surface area contributed by atoms with Crippen LogP contribution in [0.25, 0.3) is 110 Å². The Morgan fingerprint density at radius 3 is 1.73 bits per heavy atom. The zero-order chi connectivity index (χ0) is 36.4. The van der Waals surface area contributed by atoms with Crippen LogP contribution in [0.15, 0.2) is 176 Å². The molecule has 0 saturated heterocycles. The van der Waals surface area contributed by atoms with Crippen LogP contribution in [0, 0.1) is 6.92 Å². The molecular formula is C56H32. The van der Waals surface area contributed by atoms with Crippen LogP contribution < -0.4 is 0 Å². The van der Waals surface area contributed by atoms with Crippen molar-refractivity contribution in [2.75, 3.05) is 0 Å². The number of benzene rings is 10. The number of hydrogen-bond acceptors (Lipinski definition) is 0. The Hall–Kier alpha value is -7.02. The van der Waals surface area contributed by atoms with E-state index in [1.54, 1.807) is 0 Å². The summed E-state index contributed by atoms with van der Waals surface area (Å²) in [6.45, 7) is 2.27. The van der Waals surface area contributed by atoms with Gasteiger partial charge in [0, 0.05) is 0 Å². The number of rotatable bonds is 1. The Kier molecular flexibility index (Phi) is 5.23. The summed E-state index contributed by atoms with van der Waals surface area (Å²) in [5.74, 6) is 0. The van der Waals surface area contributed by atoms with E-state index in [4.69, 9.17) is 0 Å². The Labute approximate surface area is 325 Å². The highest BCUT2D eigenvalue weighted by molar-refractivity contribution is 6.26. The van der Waals surface area contributed by atoms with Crippen LogP contribution >= 0.6 is 0 Å². The average Bonchev–Trinajstić information content (AvgIpc) is 3.95. The van der Waals surface area contributed by atoms with E-state index in [2.05, 4.69) is 183 Å². The van der Waals surface area contributed by atoms with E-state index in [9.17, 15) is 0 Å². The third kappa shape index (κ3) is 3.24. The van der Waals surface area contributed by atoms with E-state index in [1.165, 1.54) is 138 Å². The van der Waals surface area contributed by atoms with Crippen molar-refractivity contribution in [3.05, 3.63) is 204 Å². The molecule has 0 atom stereocenters. The van der Waals surface area contributed by atoms with Gasteiger partial charge in [-0.25, -0.2) is 0 Å². The second kappa shape index (κ2) is 9.99. The molecule has 0 fully saturated rings. The minimum Gasteiger partial charge on any atom is -0.0619 e. The summed E-state index contributed by atoms with van der Waals surface area (Å²) >= 11 is 0. The maximum absolute atomic E-state index is 2.62. The Morgan fingerprint density at radius 1 is 0.304 bits per heavy atom. The SMILES string of the molecule is Cc1ccc2cccc3c2c1-c1cc(-c2c4c(cc5ccccc25)-c2cccc5c6c(cc-4c25)C2(c4ccccc4-c4ccccc42)c2ccccc2-6)ccc1-3. The van der Waals surface area contributed by atoms with Gasteiger partial charge in [-0.15, -0.1) is 0 Å². The van der Waals surface area contributed by atoms with Gasteiger partial charge in [0.2, 0.25) is 0 Å². The van der Waals surface area contributed by atoms with Gasteiger partial charge in [-0.2, -0.15) is 0 Å². The first-order valence-electron chi connectivity index (χ1n) is 19.9. The summed E-state index contributed by atoms with van der Waals surface area (Å²) in [5, 5.41) is 8.00. The molecule has 0 nitrogen and oxygen atoms in total. The predicted octanol–water partition coefficient (Wildman–Crippen LogP) is 14.8. The molecule has 10 aromatic rings. The van der Waals surface area contributed by atoms with Gasteiger partial charge >= 0.3 is 0 Å². The van der Waals surface area contributed by atoms with Crippen LogP contribution in [0.1, 0.15) is 27.8 Å². The van der Waals surface area contributed by atoms with E-state index < -0.39 is 5.41 Å². The Morgan fingerprint density at radius 2 is 0.929 bits per heavy atom. The monoisotopic (exact) mass is 704 g/mol. The summed E-state index contributed by atoms with van der Waals surface area (Å²) in [6.07, 6.45) is 0. The van der Waals surface area contributed by atoms with Gasteiger partial charge in [0.15, 0.2) is 0 Å². The van der Waals surface area contributed by atoms with Crippen molar-refractivity contribution >= 4 is 32.3 Å². The molecule has 0 unspecified atom stereocenters. The molecule has 256 valence electrons. The number of hydrogen-bond donors (Lipinski definition) is 0. The Balaban J connectivity index is 1.12. The van der Waals surface area contributed by atoms with Crippen LogP contribution in [0.3, 0.4) is 0 Å². The molecule has 0 aromatic heterocycles. The zero-order valence-corrected chi connectivity index (χ0v) is 30.7. The fourth-order valence-electron chi connectivity index (χ4n) is 11.8. The van der Waals surface area contributed by atoms with E-state index >= 15 is 0 Å². The maximum atomic E-state index is 2.62. The highest BCUT2D eigenvalue weighted by Gasteiger charge is 2.52. The number of fused-ring (bicyclic) bond motifs is 18. The minimum absolute atomic E-state index is 0.408. The molecule has 10 aromatic carbocycles. The maximum Gasteiger partial charge on any atom is 0.0725 e. The van der Waals surface area contributed by atoms with Crippen molar-refractivity contribution in [3.63, 3.8) is 0 Å². The molecule has 14 rings (SSSR count). The van der Waals surface area contributed by atoms with Crippen molar-refractivity contribution in [1.29, 1.82) is 0 Å². The fraction of sp³-hybridized carbons (Fsp3) is 0.0357. The first kappa shape index (κ1) is 29.4. The highest BCUT2D eigenvalue weighted by atomic mass is 14.5. The standard InChI is InChI=1S/C56H32/c1-31-24-25-32-13-10-18-39-36-27-26-34(29-43(36)50(31)51(32)39)52-35-14-3-2-12-33(35)28-44-40-19-11-20-42-53(40)45(55(44)52)30-49-54(42)41-17-6-9-23-48(41)56(49)46-21-7-4-15-37(46)38-16-5-8-22-47(38)56/h2-30H,1H3. The molecule has 0 saturated carbocycles. The molecule has 0 N–H and O–H groups in total. The third-order valence-electron chi connectivity index (χ3n) is 13.8. The normalized spacial score (nSPS) is 13.9. The highest BCUT2D eigenvalue weighted by Crippen LogP contribution is 2.66. The summed E-state index contributed by atoms with van der Waals surface area (Å²) in [5.41, 5.74) is 25.3. The predicted molar refractivity (Wildman–Crippen MR) is 234 cm³/mol. The summed E-state index contributed by atoms with van der Waals surface area (Å²) in [7, 11) is 0. The lowest BCUT2D eigenvalue weighted by atomic mass is 9.70. The summed E-state index contributed by atoms with van der Waals surface area (Å²) in [4.78, 5) is 0. The topological polar surface area (TPSA) is 0 Å². The van der Waals surface area contributed by atoms with E-state index in [0.717, 1.165) is 0 Å². The quantitative estimate of drug-likeness (QED) is 0.160. The second-order valence-corrected chi connectivity index (χ2v) is 16.3. The van der Waals surface area contributed by atoms with Crippen molar-refractivity contribution < 1.29 is 0 Å². The zero-order valence-electron chi connectivity index (χ0n) is 30.7. The van der Waals surface area contributed by atoms with Gasteiger partial charge in [0.25, 0.3) is 0 Å². The lowest BCUT2D eigenvalue weighted by Gasteiger charge is -2.31. The molecule has 0 bridgehead atoms. The van der Waals surface area contributed by atoms with E-state index in [0.29, 0.717) is 0 Å². The Bertz CT molecular complexity index is 3440. The van der Waals surface area contributed by atoms with E-state index in [1.807, 2.05) is 0 Å². The van der Waals surface area contributed by atoms with Crippen molar-refractivity contribution in [2.24, 2.45) is 0 Å². The first-order valence-corrected chi connectivity index (χ1v) is 19.9. The van der Waals surface area contributed by atoms with Gasteiger partial charge in [-0.05, 0) is 163 Å². The second-order valence-electron chi connectivity index (χ2n) is 16.3. The molecular weight excluding hydrogens is 673 g/mol. The molecule has 0 radical (unpaired) electrons. The van der Waals surface area contributed by atoms with Crippen molar-refractivity contribution in [3.8, 4) is 77.9 Å². The molecule has 0 heteroatoms. The number of aryl methyl sites for hydroxylation is 1. The largest absolute Gasteiger partial charge is 0.0725 e. The summed E-state index contributed by atoms with van der Waals surface area (Å²) < 4.78 is 0. The minimum atomic E-state index is -0.408. The smallest absolute Gasteiger partial charge is 0.0619 e. The average molecular weight is 705 g/mol. The lowest BCUT2D eigenvalue weighted by molar-refractivity contribution is 0.795. The lowest BCUT2D eigenvalue weighted by Crippen LogP contribution is -2.25. The van der Waals surface area contributed by atoms with Crippen LogP contribution in [-0.4, -0.2) is 0 Å². The van der Waals surface area contributed by atoms with Gasteiger partial charge < -0.3 is 0 Å². The van der Waals surface area contributed by atoms with Crippen LogP contribution in [0.5, 0.6) is 0 Å². The van der Waals surface area contributed by atoms with Crippen molar-refractivity contribution in [2.45, 2.75) is 12.3 Å². The van der Waals surface area contributed by atoms with Gasteiger partial charge in [0.05, 0.1) is 5.41 Å². The summed E-state index contributed by atoms with van der Waals surface area (Å²) in [6, 6.07) is 67.4. The molecule has 1 spiro atoms. The third-order valence-corrected chi connectivity index (χ3v) is 13.8. The fourth-order valence-corrected chi connectivity index (χ4v) is 11.8. The molecule has 4 aliphatic rings. The molecule has 0 heterocycles. The molecule has 0 aliphatic heterocycles. The molecule has 0 amide bonds. The van der Waals surface area contributed by atoms with Gasteiger partial charge in [0.1, 0.15) is 0 Å². The first-order chi connectivity index (χ1) is 27.7. The molecule has 56 heavy (non-hydrogen) atoms. The van der Waals surface area contributed by atoms with Crippen LogP contribution in [0.2, 0.25) is 0 Å². The van der Waals surface area contributed by atoms with Gasteiger partial charge in [-0.1, -0.05) is 158 Å². The molecule has 4 aliphatic carbocycles. The van der Waals surface area contributed by atoms with Crippen LogP contribution in [0.4, 0.5) is 0 Å². The van der Waals surface area contributed by atoms with Crippen molar-refractivity contribution in [1.82, 2.24) is 0 Å².